The first-order valence-corrected chi connectivity index (χ1v) is 8.61. The maximum absolute atomic E-state index is 13.0. The fraction of sp³-hybridized carbons (Fsp3) is 0.300. The molecule has 130 valence electrons. The monoisotopic (exact) mass is 338 g/mol. The zero-order chi connectivity index (χ0) is 17.6. The molecule has 0 radical (unpaired) electrons. The van der Waals surface area contributed by atoms with Crippen LogP contribution in [0.3, 0.4) is 0 Å². The summed E-state index contributed by atoms with van der Waals surface area (Å²) in [5.74, 6) is -0.334. The Bertz CT molecular complexity index is 773. The van der Waals surface area contributed by atoms with E-state index in [-0.39, 0.29) is 11.8 Å². The van der Waals surface area contributed by atoms with Crippen LogP contribution in [0, 0.1) is 0 Å². The molecular weight excluding hydrogens is 316 g/mol. The van der Waals surface area contributed by atoms with Crippen molar-refractivity contribution in [2.45, 2.75) is 32.1 Å². The first-order chi connectivity index (χ1) is 12.2. The zero-order valence-corrected chi connectivity index (χ0v) is 14.1. The molecule has 0 aromatic heterocycles. The van der Waals surface area contributed by atoms with E-state index >= 15 is 0 Å². The van der Waals surface area contributed by atoms with E-state index < -0.39 is 0 Å². The van der Waals surface area contributed by atoms with Crippen molar-refractivity contribution < 1.29 is 14.8 Å². The van der Waals surface area contributed by atoms with E-state index in [9.17, 15) is 9.59 Å². The molecule has 1 heterocycles. The number of fused-ring (bicyclic) bond motifs is 2. The van der Waals surface area contributed by atoms with Crippen LogP contribution >= 0.6 is 0 Å². The largest absolute Gasteiger partial charge is 0.308 e. The van der Waals surface area contributed by atoms with Gasteiger partial charge in [0.25, 0.3) is 5.91 Å². The fourth-order valence-corrected chi connectivity index (χ4v) is 3.28. The van der Waals surface area contributed by atoms with Gasteiger partial charge >= 0.3 is 0 Å². The molecule has 0 saturated heterocycles. The third kappa shape index (κ3) is 3.88. The Hall–Kier alpha value is -2.66. The highest BCUT2D eigenvalue weighted by Crippen LogP contribution is 2.30. The summed E-state index contributed by atoms with van der Waals surface area (Å²) in [4.78, 5) is 26.0. The van der Waals surface area contributed by atoms with Crippen molar-refractivity contribution in [3.8, 4) is 0 Å². The Balaban J connectivity index is 1.75. The second-order valence-corrected chi connectivity index (χ2v) is 6.27. The summed E-state index contributed by atoms with van der Waals surface area (Å²) in [7, 11) is 0. The van der Waals surface area contributed by atoms with Crippen molar-refractivity contribution in [2.75, 3.05) is 11.4 Å². The molecule has 1 aliphatic rings. The summed E-state index contributed by atoms with van der Waals surface area (Å²) in [6.07, 6.45) is 3.36. The smallest absolute Gasteiger partial charge is 0.258 e. The van der Waals surface area contributed by atoms with Gasteiger partial charge in [0.15, 0.2) is 0 Å². The predicted octanol–water partition coefficient (Wildman–Crippen LogP) is 3.30. The van der Waals surface area contributed by atoms with Crippen LogP contribution in [0.4, 0.5) is 5.69 Å². The molecule has 2 aromatic carbocycles. The Labute approximate surface area is 147 Å². The lowest BCUT2D eigenvalue weighted by molar-refractivity contribution is -0.129. The molecule has 2 N–H and O–H groups in total. The van der Waals surface area contributed by atoms with E-state index in [1.807, 2.05) is 47.4 Å². The third-order valence-corrected chi connectivity index (χ3v) is 4.57. The molecule has 0 fully saturated rings. The van der Waals surface area contributed by atoms with E-state index in [1.54, 1.807) is 5.48 Å². The van der Waals surface area contributed by atoms with Gasteiger partial charge in [0.2, 0.25) is 5.91 Å². The van der Waals surface area contributed by atoms with Gasteiger partial charge < -0.3 is 4.90 Å². The van der Waals surface area contributed by atoms with Crippen molar-refractivity contribution in [1.82, 2.24) is 5.48 Å². The summed E-state index contributed by atoms with van der Waals surface area (Å²) >= 11 is 0. The molecule has 3 rings (SSSR count). The second-order valence-electron chi connectivity index (χ2n) is 6.27. The highest BCUT2D eigenvalue weighted by molar-refractivity contribution is 6.08. The summed E-state index contributed by atoms with van der Waals surface area (Å²) in [5.41, 5.74) is 5.58. The standard InChI is InChI=1S/C20H22N2O3/c23-19(21-25)12-2-1-7-13-22-18-11-6-4-9-16(18)14-15-8-3-5-10-17(15)20(22)24/h3-6,8-11,25H,1-2,7,12-14H2,(H,21,23). The minimum Gasteiger partial charge on any atom is -0.308 e. The highest BCUT2D eigenvalue weighted by Gasteiger charge is 2.25. The second kappa shape index (κ2) is 7.94. The summed E-state index contributed by atoms with van der Waals surface area (Å²) < 4.78 is 0. The van der Waals surface area contributed by atoms with Gasteiger partial charge in [0, 0.05) is 30.6 Å². The van der Waals surface area contributed by atoms with Gasteiger partial charge in [-0.1, -0.05) is 42.8 Å². The molecule has 5 nitrogen and oxygen atoms in total. The summed E-state index contributed by atoms with van der Waals surface area (Å²) in [6, 6.07) is 15.8. The van der Waals surface area contributed by atoms with Crippen LogP contribution < -0.4 is 10.4 Å². The number of hydrogen-bond acceptors (Lipinski definition) is 3. The van der Waals surface area contributed by atoms with Gasteiger partial charge in [-0.15, -0.1) is 0 Å². The van der Waals surface area contributed by atoms with Gasteiger partial charge in [0.1, 0.15) is 0 Å². The number of carbonyl (C=O) groups is 2. The molecule has 25 heavy (non-hydrogen) atoms. The van der Waals surface area contributed by atoms with Crippen LogP contribution in [-0.4, -0.2) is 23.6 Å². The lowest BCUT2D eigenvalue weighted by Crippen LogP contribution is -2.32. The Kier molecular flexibility index (Phi) is 5.46. The molecule has 0 spiro atoms. The number of carbonyl (C=O) groups excluding carboxylic acids is 2. The Morgan fingerprint density at radius 3 is 2.52 bits per heavy atom. The number of amides is 2. The van der Waals surface area contributed by atoms with Gasteiger partial charge in [-0.3, -0.25) is 14.8 Å². The molecule has 2 amide bonds. The number of nitrogens with zero attached hydrogens (tertiary/aromatic N) is 1. The Morgan fingerprint density at radius 1 is 1.00 bits per heavy atom. The van der Waals surface area contributed by atoms with Gasteiger partial charge in [-0.2, -0.15) is 0 Å². The number of benzene rings is 2. The molecular formula is C20H22N2O3. The molecule has 1 aliphatic heterocycles. The maximum atomic E-state index is 13.0. The van der Waals surface area contributed by atoms with Crippen molar-refractivity contribution in [3.63, 3.8) is 0 Å². The number of nitrogens with one attached hydrogen (secondary N) is 1. The van der Waals surface area contributed by atoms with Crippen molar-refractivity contribution in [1.29, 1.82) is 0 Å². The Morgan fingerprint density at radius 2 is 1.72 bits per heavy atom. The number of unbranched alkanes of at least 4 members (excludes halogenated alkanes) is 2. The van der Waals surface area contributed by atoms with E-state index in [4.69, 9.17) is 5.21 Å². The molecule has 0 bridgehead atoms. The number of hydrogen-bond donors (Lipinski definition) is 2. The fourth-order valence-electron chi connectivity index (χ4n) is 3.28. The topological polar surface area (TPSA) is 69.6 Å². The van der Waals surface area contributed by atoms with Crippen LogP contribution in [0.1, 0.15) is 47.2 Å². The predicted molar refractivity (Wildman–Crippen MR) is 95.8 cm³/mol. The molecule has 0 atom stereocenters. The number of para-hydroxylation sites is 1. The molecule has 2 aromatic rings. The molecule has 0 saturated carbocycles. The summed E-state index contributed by atoms with van der Waals surface area (Å²) in [6.45, 7) is 0.616. The van der Waals surface area contributed by atoms with Crippen molar-refractivity contribution in [3.05, 3.63) is 65.2 Å². The minimum atomic E-state index is -0.370. The number of hydroxylamine groups is 1. The van der Waals surface area contributed by atoms with E-state index in [2.05, 4.69) is 6.07 Å². The average Bonchev–Trinajstić information content (AvgIpc) is 2.76. The molecule has 0 aliphatic carbocycles. The maximum Gasteiger partial charge on any atom is 0.258 e. The van der Waals surface area contributed by atoms with Crippen LogP contribution in [0.15, 0.2) is 48.5 Å². The lowest BCUT2D eigenvalue weighted by Gasteiger charge is -2.23. The molecule has 5 heteroatoms. The van der Waals surface area contributed by atoms with Crippen molar-refractivity contribution in [2.24, 2.45) is 0 Å². The van der Waals surface area contributed by atoms with E-state index in [1.165, 1.54) is 0 Å². The molecule has 0 unspecified atom stereocenters. The average molecular weight is 338 g/mol. The first kappa shape index (κ1) is 17.2. The number of anilines is 1. The van der Waals surface area contributed by atoms with Gasteiger partial charge in [0.05, 0.1) is 0 Å². The minimum absolute atomic E-state index is 0.0358. The van der Waals surface area contributed by atoms with Crippen LogP contribution in [0.25, 0.3) is 0 Å². The quantitative estimate of drug-likeness (QED) is 0.482. The van der Waals surface area contributed by atoms with Gasteiger partial charge in [-0.25, -0.2) is 5.48 Å². The van der Waals surface area contributed by atoms with Gasteiger partial charge in [-0.05, 0) is 36.1 Å². The van der Waals surface area contributed by atoms with Crippen LogP contribution in [0.5, 0.6) is 0 Å². The SMILES string of the molecule is O=C(CCCCCN1C(=O)c2ccccc2Cc2ccccc21)NO. The van der Waals surface area contributed by atoms with Crippen LogP contribution in [-0.2, 0) is 11.2 Å². The zero-order valence-electron chi connectivity index (χ0n) is 14.1. The summed E-state index contributed by atoms with van der Waals surface area (Å²) in [5, 5.41) is 8.51. The van der Waals surface area contributed by atoms with Crippen molar-refractivity contribution >= 4 is 17.5 Å². The van der Waals surface area contributed by atoms with Crippen LogP contribution in [0.2, 0.25) is 0 Å². The first-order valence-electron chi connectivity index (χ1n) is 8.61. The third-order valence-electron chi connectivity index (χ3n) is 4.57. The normalized spacial score (nSPS) is 13.0. The number of rotatable bonds is 6. The van der Waals surface area contributed by atoms with E-state index in [0.717, 1.165) is 41.6 Å². The highest BCUT2D eigenvalue weighted by atomic mass is 16.5. The van der Waals surface area contributed by atoms with E-state index in [0.29, 0.717) is 19.4 Å². The lowest BCUT2D eigenvalue weighted by atomic mass is 10.0.